The van der Waals surface area contributed by atoms with Gasteiger partial charge in [-0.3, -0.25) is 4.79 Å². The molecule has 1 unspecified atom stereocenters. The Bertz CT molecular complexity index is 456. The van der Waals surface area contributed by atoms with E-state index in [9.17, 15) is 4.79 Å². The van der Waals surface area contributed by atoms with E-state index in [1.165, 1.54) is 0 Å². The van der Waals surface area contributed by atoms with E-state index < -0.39 is 0 Å². The molecule has 0 amide bonds. The monoisotopic (exact) mass is 251 g/mol. The molecule has 1 fully saturated rings. The first kappa shape index (κ1) is 13.1. The van der Waals surface area contributed by atoms with Crippen LogP contribution in [0.5, 0.6) is 5.88 Å². The van der Waals surface area contributed by atoms with E-state index in [0.717, 1.165) is 25.9 Å². The smallest absolute Gasteiger partial charge is 0.313 e. The van der Waals surface area contributed by atoms with Crippen molar-refractivity contribution in [3.63, 3.8) is 0 Å². The van der Waals surface area contributed by atoms with Gasteiger partial charge in [0.05, 0.1) is 0 Å². The van der Waals surface area contributed by atoms with Crippen LogP contribution in [0.1, 0.15) is 33.6 Å². The Morgan fingerprint density at radius 3 is 2.89 bits per heavy atom. The Kier molecular flexibility index (Phi) is 3.71. The van der Waals surface area contributed by atoms with E-state index >= 15 is 0 Å². The Labute approximate surface area is 107 Å². The molecule has 0 aromatic carbocycles. The molecule has 1 aliphatic heterocycles. The highest BCUT2D eigenvalue weighted by atomic mass is 16.5. The minimum Gasteiger partial charge on any atom is -0.469 e. The van der Waals surface area contributed by atoms with Crippen LogP contribution in [-0.2, 0) is 5.54 Å². The molecule has 2 heterocycles. The molecule has 1 aromatic heterocycles. The van der Waals surface area contributed by atoms with Crippen molar-refractivity contribution >= 4 is 0 Å². The van der Waals surface area contributed by atoms with Crippen LogP contribution in [0.3, 0.4) is 0 Å². The summed E-state index contributed by atoms with van der Waals surface area (Å²) >= 11 is 0. The second-order valence-electron chi connectivity index (χ2n) is 5.66. The van der Waals surface area contributed by atoms with E-state index in [1.54, 1.807) is 17.0 Å². The quantitative estimate of drug-likeness (QED) is 0.856. The molecular formula is C13H21N3O2. The maximum Gasteiger partial charge on any atom is 0.313 e. The number of aromatic nitrogens is 2. The van der Waals surface area contributed by atoms with Gasteiger partial charge in [-0.15, -0.1) is 0 Å². The fraction of sp³-hybridized carbons (Fsp3) is 0.692. The van der Waals surface area contributed by atoms with Crippen molar-refractivity contribution in [2.75, 3.05) is 13.1 Å². The van der Waals surface area contributed by atoms with E-state index in [-0.39, 0.29) is 23.1 Å². The van der Waals surface area contributed by atoms with Crippen molar-refractivity contribution in [3.05, 3.63) is 22.7 Å². The highest BCUT2D eigenvalue weighted by Crippen LogP contribution is 2.13. The molecule has 1 aliphatic rings. The number of piperidine rings is 1. The summed E-state index contributed by atoms with van der Waals surface area (Å²) in [5.74, 6) is 0.209. The minimum absolute atomic E-state index is 0.0507. The number of ether oxygens (including phenoxy) is 1. The molecule has 1 saturated heterocycles. The second kappa shape index (κ2) is 5.10. The van der Waals surface area contributed by atoms with Gasteiger partial charge >= 0.3 is 5.56 Å². The van der Waals surface area contributed by atoms with E-state index in [0.29, 0.717) is 0 Å². The van der Waals surface area contributed by atoms with Crippen molar-refractivity contribution in [1.82, 2.24) is 14.9 Å². The maximum absolute atomic E-state index is 12.2. The van der Waals surface area contributed by atoms with Gasteiger partial charge in [-0.25, -0.2) is 4.98 Å². The molecular weight excluding hydrogens is 230 g/mol. The SMILES string of the molecule is CC(C)(C)n1ccnc(OC2CCCNC2)c1=O. The number of hydrogen-bond acceptors (Lipinski definition) is 4. The zero-order valence-corrected chi connectivity index (χ0v) is 11.3. The van der Waals surface area contributed by atoms with E-state index in [2.05, 4.69) is 10.3 Å². The van der Waals surface area contributed by atoms with Gasteiger partial charge in [-0.1, -0.05) is 0 Å². The Morgan fingerprint density at radius 2 is 2.28 bits per heavy atom. The third-order valence-electron chi connectivity index (χ3n) is 3.06. The number of rotatable bonds is 2. The third-order valence-corrected chi connectivity index (χ3v) is 3.06. The summed E-state index contributed by atoms with van der Waals surface area (Å²) in [4.78, 5) is 16.3. The maximum atomic E-state index is 12.2. The summed E-state index contributed by atoms with van der Waals surface area (Å²) in [6.45, 7) is 7.76. The molecule has 0 saturated carbocycles. The van der Waals surface area contributed by atoms with Gasteiger partial charge in [0, 0.05) is 24.5 Å². The predicted octanol–water partition coefficient (Wildman–Crippen LogP) is 1.13. The van der Waals surface area contributed by atoms with Gasteiger partial charge in [0.1, 0.15) is 6.10 Å². The van der Waals surface area contributed by atoms with E-state index in [4.69, 9.17) is 4.74 Å². The summed E-state index contributed by atoms with van der Waals surface area (Å²) in [6.07, 6.45) is 5.42. The van der Waals surface area contributed by atoms with Crippen LogP contribution in [-0.4, -0.2) is 28.7 Å². The standard InChI is InChI=1S/C13H21N3O2/c1-13(2,3)16-8-7-15-11(12(16)17)18-10-5-4-6-14-9-10/h7-8,10,14H,4-6,9H2,1-3H3. The molecule has 1 aromatic rings. The first-order valence-corrected chi connectivity index (χ1v) is 6.44. The second-order valence-corrected chi connectivity index (χ2v) is 5.66. The third kappa shape index (κ3) is 2.90. The number of nitrogens with one attached hydrogen (secondary N) is 1. The lowest BCUT2D eigenvalue weighted by atomic mass is 10.1. The molecule has 18 heavy (non-hydrogen) atoms. The van der Waals surface area contributed by atoms with Gasteiger partial charge in [-0.05, 0) is 40.2 Å². The molecule has 0 radical (unpaired) electrons. The number of nitrogens with zero attached hydrogens (tertiary/aromatic N) is 2. The average molecular weight is 251 g/mol. The van der Waals surface area contributed by atoms with Gasteiger partial charge in [0.25, 0.3) is 5.88 Å². The zero-order valence-electron chi connectivity index (χ0n) is 11.3. The molecule has 2 rings (SSSR count). The fourth-order valence-corrected chi connectivity index (χ4v) is 2.08. The minimum atomic E-state index is -0.261. The summed E-state index contributed by atoms with van der Waals surface area (Å²) in [5.41, 5.74) is -0.418. The van der Waals surface area contributed by atoms with Crippen molar-refractivity contribution in [2.24, 2.45) is 0 Å². The van der Waals surface area contributed by atoms with Gasteiger partial charge < -0.3 is 14.6 Å². The van der Waals surface area contributed by atoms with Gasteiger partial charge in [-0.2, -0.15) is 0 Å². The van der Waals surface area contributed by atoms with Crippen LogP contribution in [0.25, 0.3) is 0 Å². The molecule has 1 N–H and O–H groups in total. The van der Waals surface area contributed by atoms with Crippen molar-refractivity contribution < 1.29 is 4.74 Å². The highest BCUT2D eigenvalue weighted by Gasteiger charge is 2.20. The molecule has 1 atom stereocenters. The summed E-state index contributed by atoms with van der Waals surface area (Å²) in [7, 11) is 0. The van der Waals surface area contributed by atoms with Crippen LogP contribution in [0.4, 0.5) is 0 Å². The summed E-state index contributed by atoms with van der Waals surface area (Å²) in [6, 6.07) is 0. The van der Waals surface area contributed by atoms with Crippen molar-refractivity contribution in [3.8, 4) is 5.88 Å². The Balaban J connectivity index is 2.21. The van der Waals surface area contributed by atoms with Crippen LogP contribution in [0.2, 0.25) is 0 Å². The lowest BCUT2D eigenvalue weighted by Gasteiger charge is -2.25. The molecule has 100 valence electrons. The zero-order chi connectivity index (χ0) is 13.2. The van der Waals surface area contributed by atoms with Crippen LogP contribution < -0.4 is 15.6 Å². The van der Waals surface area contributed by atoms with Crippen LogP contribution in [0.15, 0.2) is 17.2 Å². The predicted molar refractivity (Wildman–Crippen MR) is 70.0 cm³/mol. The summed E-state index contributed by atoms with van der Waals surface area (Å²) < 4.78 is 7.37. The molecule has 0 aliphatic carbocycles. The van der Waals surface area contributed by atoms with Crippen molar-refractivity contribution in [1.29, 1.82) is 0 Å². The first-order chi connectivity index (χ1) is 8.48. The normalized spacial score (nSPS) is 20.7. The van der Waals surface area contributed by atoms with Crippen molar-refractivity contribution in [2.45, 2.75) is 45.3 Å². The molecule has 0 spiro atoms. The molecule has 0 bridgehead atoms. The van der Waals surface area contributed by atoms with Gasteiger partial charge in [0.2, 0.25) is 0 Å². The lowest BCUT2D eigenvalue weighted by Crippen LogP contribution is -2.40. The van der Waals surface area contributed by atoms with E-state index in [1.807, 2.05) is 20.8 Å². The average Bonchev–Trinajstić information content (AvgIpc) is 2.32. The van der Waals surface area contributed by atoms with Crippen LogP contribution >= 0.6 is 0 Å². The first-order valence-electron chi connectivity index (χ1n) is 6.44. The Morgan fingerprint density at radius 1 is 1.50 bits per heavy atom. The van der Waals surface area contributed by atoms with Gasteiger partial charge in [0.15, 0.2) is 0 Å². The fourth-order valence-electron chi connectivity index (χ4n) is 2.08. The molecule has 5 nitrogen and oxygen atoms in total. The van der Waals surface area contributed by atoms with Crippen LogP contribution in [0, 0.1) is 0 Å². The molecule has 5 heteroatoms. The highest BCUT2D eigenvalue weighted by molar-refractivity contribution is 5.07. The lowest BCUT2D eigenvalue weighted by molar-refractivity contribution is 0.155. The Hall–Kier alpha value is -1.36. The summed E-state index contributed by atoms with van der Waals surface area (Å²) in [5, 5.41) is 3.26. The topological polar surface area (TPSA) is 56.1 Å². The number of hydrogen-bond donors (Lipinski definition) is 1. The largest absolute Gasteiger partial charge is 0.469 e.